The van der Waals surface area contributed by atoms with E-state index >= 15 is 0 Å². The normalized spacial score (nSPS) is 11.5. The Morgan fingerprint density at radius 1 is 1.33 bits per heavy atom. The van der Waals surface area contributed by atoms with Gasteiger partial charge in [0.15, 0.2) is 0 Å². The largest absolute Gasteiger partial charge is 0.397 e. The molecular weight excluding hydrogens is 264 g/mol. The fourth-order valence-corrected chi connectivity index (χ4v) is 1.98. The van der Waals surface area contributed by atoms with Crippen LogP contribution in [0.15, 0.2) is 42.8 Å². The summed E-state index contributed by atoms with van der Waals surface area (Å²) in [6, 6.07) is 3.51. The van der Waals surface area contributed by atoms with Gasteiger partial charge in [0, 0.05) is 24.5 Å². The van der Waals surface area contributed by atoms with Crippen LogP contribution in [0.1, 0.15) is 18.1 Å². The molecule has 1 aromatic rings. The van der Waals surface area contributed by atoms with E-state index in [9.17, 15) is 4.79 Å². The number of anilines is 2. The number of amides is 1. The van der Waals surface area contributed by atoms with Crippen LogP contribution >= 0.6 is 0 Å². The van der Waals surface area contributed by atoms with Crippen molar-refractivity contribution in [2.24, 2.45) is 0 Å². The highest BCUT2D eigenvalue weighted by Crippen LogP contribution is 2.28. The smallest absolute Gasteiger partial charge is 0.218 e. The number of hydrogen-bond donors (Lipinski definition) is 3. The first-order valence-electron chi connectivity index (χ1n) is 6.55. The maximum atomic E-state index is 11.5. The van der Waals surface area contributed by atoms with Crippen molar-refractivity contribution in [3.63, 3.8) is 0 Å². The van der Waals surface area contributed by atoms with Gasteiger partial charge in [-0.25, -0.2) is 0 Å². The summed E-state index contributed by atoms with van der Waals surface area (Å²) in [5.74, 6) is 0. The molecule has 0 unspecified atom stereocenters. The van der Waals surface area contributed by atoms with Gasteiger partial charge >= 0.3 is 0 Å². The summed E-state index contributed by atoms with van der Waals surface area (Å²) in [5, 5.41) is 2.91. The Morgan fingerprint density at radius 3 is 2.48 bits per heavy atom. The lowest BCUT2D eigenvalue weighted by Gasteiger charge is -2.23. The van der Waals surface area contributed by atoms with E-state index in [2.05, 4.69) is 11.9 Å². The molecular formula is C16H22N4O. The molecule has 21 heavy (non-hydrogen) atoms. The maximum absolute atomic E-state index is 11.5. The minimum Gasteiger partial charge on any atom is -0.397 e. The minimum absolute atomic E-state index is 0.466. The zero-order valence-electron chi connectivity index (χ0n) is 12.7. The summed E-state index contributed by atoms with van der Waals surface area (Å²) in [5.41, 5.74) is 15.5. The van der Waals surface area contributed by atoms with Gasteiger partial charge in [-0.3, -0.25) is 9.69 Å². The Bertz CT molecular complexity index is 603. The number of nitrogens with one attached hydrogen (secondary N) is 1. The Balaban J connectivity index is 3.29. The van der Waals surface area contributed by atoms with E-state index in [-0.39, 0.29) is 0 Å². The fourth-order valence-electron chi connectivity index (χ4n) is 1.98. The molecule has 0 saturated heterocycles. The van der Waals surface area contributed by atoms with Gasteiger partial charge in [0.25, 0.3) is 0 Å². The molecule has 1 amide bonds. The molecule has 0 bridgehead atoms. The highest BCUT2D eigenvalue weighted by Gasteiger charge is 2.15. The lowest BCUT2D eigenvalue weighted by Crippen LogP contribution is -2.20. The van der Waals surface area contributed by atoms with E-state index in [1.165, 1.54) is 4.90 Å². The van der Waals surface area contributed by atoms with E-state index in [0.29, 0.717) is 22.8 Å². The number of allylic oxidation sites excluding steroid dienone is 2. The van der Waals surface area contributed by atoms with Crippen LogP contribution in [0, 0.1) is 6.92 Å². The van der Waals surface area contributed by atoms with Gasteiger partial charge in [-0.05, 0) is 37.6 Å². The SMILES string of the molecule is C=C(c1cc(N)c(N)cc1C)N(C=O)C(/C=C\C)=C/NC. The van der Waals surface area contributed by atoms with Gasteiger partial charge in [0.1, 0.15) is 0 Å². The predicted molar refractivity (Wildman–Crippen MR) is 88.9 cm³/mol. The molecule has 1 rings (SSSR count). The van der Waals surface area contributed by atoms with Crippen LogP contribution in [-0.4, -0.2) is 18.4 Å². The van der Waals surface area contributed by atoms with Gasteiger partial charge in [0.05, 0.1) is 17.1 Å². The molecule has 5 nitrogen and oxygen atoms in total. The summed E-state index contributed by atoms with van der Waals surface area (Å²) in [6.45, 7) is 7.78. The van der Waals surface area contributed by atoms with E-state index in [1.807, 2.05) is 26.0 Å². The molecule has 0 spiro atoms. The van der Waals surface area contributed by atoms with Crippen LogP contribution in [0.3, 0.4) is 0 Å². The third kappa shape index (κ3) is 3.66. The van der Waals surface area contributed by atoms with Crippen molar-refractivity contribution < 1.29 is 4.79 Å². The number of nitrogen functional groups attached to an aromatic ring is 2. The number of hydrogen-bond acceptors (Lipinski definition) is 4. The summed E-state index contributed by atoms with van der Waals surface area (Å²) < 4.78 is 0. The highest BCUT2D eigenvalue weighted by atomic mass is 16.1. The molecule has 0 atom stereocenters. The van der Waals surface area contributed by atoms with Crippen molar-refractivity contribution in [3.8, 4) is 0 Å². The van der Waals surface area contributed by atoms with E-state index < -0.39 is 0 Å². The standard InChI is InChI=1S/C16H22N4O/c1-5-6-13(9-19-4)20(10-21)12(3)14-8-16(18)15(17)7-11(14)2/h5-10,19H,3,17-18H2,1-2,4H3/b6-5-,13-9+. The number of nitrogens with two attached hydrogens (primary N) is 2. The van der Waals surface area contributed by atoms with Crippen LogP contribution in [0.4, 0.5) is 11.4 Å². The number of aryl methyl sites for hydroxylation is 1. The molecule has 1 aromatic carbocycles. The van der Waals surface area contributed by atoms with E-state index in [1.54, 1.807) is 25.4 Å². The molecule has 0 aliphatic rings. The number of nitrogens with zero attached hydrogens (tertiary/aromatic N) is 1. The van der Waals surface area contributed by atoms with Crippen LogP contribution in [-0.2, 0) is 4.79 Å². The first-order valence-corrected chi connectivity index (χ1v) is 6.55. The van der Waals surface area contributed by atoms with E-state index in [4.69, 9.17) is 11.5 Å². The van der Waals surface area contributed by atoms with Gasteiger partial charge in [0.2, 0.25) is 6.41 Å². The summed E-state index contributed by atoms with van der Waals surface area (Å²) >= 11 is 0. The molecule has 0 heterocycles. The molecule has 5 N–H and O–H groups in total. The van der Waals surface area contributed by atoms with Crippen molar-refractivity contribution in [1.29, 1.82) is 0 Å². The average molecular weight is 286 g/mol. The van der Waals surface area contributed by atoms with Crippen molar-refractivity contribution in [1.82, 2.24) is 10.2 Å². The van der Waals surface area contributed by atoms with Gasteiger partial charge in [-0.15, -0.1) is 0 Å². The summed E-state index contributed by atoms with van der Waals surface area (Å²) in [4.78, 5) is 12.9. The Labute approximate surface area is 125 Å². The Morgan fingerprint density at radius 2 is 1.95 bits per heavy atom. The zero-order chi connectivity index (χ0) is 16.0. The molecule has 0 saturated carbocycles. The third-order valence-corrected chi connectivity index (χ3v) is 3.04. The quantitative estimate of drug-likeness (QED) is 0.425. The number of benzene rings is 1. The van der Waals surface area contributed by atoms with Crippen LogP contribution in [0.5, 0.6) is 0 Å². The number of carbonyl (C=O) groups excluding carboxylic acids is 1. The molecule has 0 aliphatic carbocycles. The van der Waals surface area contributed by atoms with Gasteiger partial charge in [-0.2, -0.15) is 0 Å². The maximum Gasteiger partial charge on any atom is 0.218 e. The monoisotopic (exact) mass is 286 g/mol. The van der Waals surface area contributed by atoms with Crippen LogP contribution in [0.2, 0.25) is 0 Å². The zero-order valence-corrected chi connectivity index (χ0v) is 12.7. The Hall–Kier alpha value is -2.69. The average Bonchev–Trinajstić information content (AvgIpc) is 2.44. The number of rotatable bonds is 6. The molecule has 112 valence electrons. The molecule has 0 aliphatic heterocycles. The topological polar surface area (TPSA) is 84.4 Å². The van der Waals surface area contributed by atoms with Crippen molar-refractivity contribution in [3.05, 3.63) is 53.9 Å². The van der Waals surface area contributed by atoms with Crippen molar-refractivity contribution in [2.75, 3.05) is 18.5 Å². The molecule has 0 fully saturated rings. The lowest BCUT2D eigenvalue weighted by atomic mass is 10.0. The first-order chi connectivity index (χ1) is 9.96. The Kier molecular flexibility index (Phi) is 5.60. The van der Waals surface area contributed by atoms with Gasteiger partial charge in [-0.1, -0.05) is 12.7 Å². The molecule has 5 heteroatoms. The fraction of sp³-hybridized carbons (Fsp3) is 0.188. The predicted octanol–water partition coefficient (Wildman–Crippen LogP) is 2.23. The second-order valence-electron chi connectivity index (χ2n) is 4.58. The molecule has 0 aromatic heterocycles. The third-order valence-electron chi connectivity index (χ3n) is 3.04. The summed E-state index contributed by atoms with van der Waals surface area (Å²) in [6.07, 6.45) is 6.09. The lowest BCUT2D eigenvalue weighted by molar-refractivity contribution is -0.113. The highest BCUT2D eigenvalue weighted by molar-refractivity contribution is 5.81. The van der Waals surface area contributed by atoms with Crippen LogP contribution in [0.25, 0.3) is 5.70 Å². The second-order valence-corrected chi connectivity index (χ2v) is 4.58. The van der Waals surface area contributed by atoms with Crippen molar-refractivity contribution in [2.45, 2.75) is 13.8 Å². The van der Waals surface area contributed by atoms with Gasteiger partial charge < -0.3 is 16.8 Å². The summed E-state index contributed by atoms with van der Waals surface area (Å²) in [7, 11) is 1.77. The minimum atomic E-state index is 0.466. The van der Waals surface area contributed by atoms with E-state index in [0.717, 1.165) is 17.5 Å². The number of carbonyl (C=O) groups is 1. The first kappa shape index (κ1) is 16.4. The second kappa shape index (κ2) is 7.19. The van der Waals surface area contributed by atoms with Crippen LogP contribution < -0.4 is 16.8 Å². The van der Waals surface area contributed by atoms with Crippen molar-refractivity contribution >= 4 is 23.5 Å². The molecule has 0 radical (unpaired) electrons.